The van der Waals surface area contributed by atoms with Crippen molar-refractivity contribution in [2.45, 2.75) is 39.3 Å². The highest BCUT2D eigenvalue weighted by molar-refractivity contribution is 7.92. The second kappa shape index (κ2) is 8.36. The summed E-state index contributed by atoms with van der Waals surface area (Å²) < 4.78 is 26.0. The van der Waals surface area contributed by atoms with Crippen LogP contribution < -0.4 is 9.62 Å². The summed E-state index contributed by atoms with van der Waals surface area (Å²) in [6.45, 7) is 5.70. The molecule has 0 aliphatic heterocycles. The molecule has 0 fully saturated rings. The summed E-state index contributed by atoms with van der Waals surface area (Å²) in [6, 6.07) is 15.6. The van der Waals surface area contributed by atoms with Crippen molar-refractivity contribution in [2.75, 3.05) is 10.6 Å². The van der Waals surface area contributed by atoms with Gasteiger partial charge in [0.2, 0.25) is 15.9 Å². The smallest absolute Gasteiger partial charge is 0.244 e. The lowest BCUT2D eigenvalue weighted by atomic mass is 10.1. The Morgan fingerprint density at radius 2 is 1.65 bits per heavy atom. The topological polar surface area (TPSA) is 66.5 Å². The molecule has 0 saturated carbocycles. The highest BCUT2D eigenvalue weighted by atomic mass is 32.2. The Morgan fingerprint density at radius 1 is 1.08 bits per heavy atom. The molecule has 0 bridgehead atoms. The van der Waals surface area contributed by atoms with Crippen molar-refractivity contribution in [1.82, 2.24) is 5.32 Å². The lowest BCUT2D eigenvalue weighted by Crippen LogP contribution is -2.49. The third-order valence-corrected chi connectivity index (χ3v) is 5.46. The molecule has 0 spiro atoms. The molecular formula is C20H26N2O3S. The minimum absolute atomic E-state index is 0.214. The van der Waals surface area contributed by atoms with Gasteiger partial charge in [0.25, 0.3) is 0 Å². The van der Waals surface area contributed by atoms with Crippen molar-refractivity contribution in [3.8, 4) is 0 Å². The van der Waals surface area contributed by atoms with Crippen LogP contribution in [0.5, 0.6) is 0 Å². The number of hydrogen-bond donors (Lipinski definition) is 1. The Hall–Kier alpha value is -2.34. The monoisotopic (exact) mass is 374 g/mol. The van der Waals surface area contributed by atoms with Crippen molar-refractivity contribution in [3.63, 3.8) is 0 Å². The molecule has 26 heavy (non-hydrogen) atoms. The molecule has 5 nitrogen and oxygen atoms in total. The number of anilines is 1. The maximum Gasteiger partial charge on any atom is 0.244 e. The summed E-state index contributed by atoms with van der Waals surface area (Å²) in [7, 11) is -3.61. The first-order valence-corrected chi connectivity index (χ1v) is 10.5. The van der Waals surface area contributed by atoms with Crippen molar-refractivity contribution in [1.29, 1.82) is 0 Å². The molecule has 0 aromatic heterocycles. The minimum Gasteiger partial charge on any atom is -0.348 e. The van der Waals surface area contributed by atoms with Gasteiger partial charge in [-0.15, -0.1) is 0 Å². The van der Waals surface area contributed by atoms with Gasteiger partial charge in [0.15, 0.2) is 0 Å². The number of hydrogen-bond acceptors (Lipinski definition) is 3. The lowest BCUT2D eigenvalue weighted by molar-refractivity contribution is -0.122. The van der Waals surface area contributed by atoms with E-state index >= 15 is 0 Å². The van der Waals surface area contributed by atoms with E-state index in [9.17, 15) is 13.2 Å². The maximum absolute atomic E-state index is 12.9. The SMILES string of the molecule is CC[C@H](C(=O)N[C@H](C)c1ccc(C)cc1)N(c1ccccc1)S(C)(=O)=O. The second-order valence-electron chi connectivity index (χ2n) is 6.46. The molecule has 0 aliphatic carbocycles. The third kappa shape index (κ3) is 4.85. The normalized spacial score (nSPS) is 13.7. The molecule has 2 aromatic rings. The lowest BCUT2D eigenvalue weighted by Gasteiger charge is -2.31. The van der Waals surface area contributed by atoms with Crippen LogP contribution in [0.4, 0.5) is 5.69 Å². The number of benzene rings is 2. The number of amides is 1. The van der Waals surface area contributed by atoms with Crippen molar-refractivity contribution < 1.29 is 13.2 Å². The average Bonchev–Trinajstić information content (AvgIpc) is 2.59. The van der Waals surface area contributed by atoms with E-state index in [4.69, 9.17) is 0 Å². The zero-order chi connectivity index (χ0) is 19.3. The standard InChI is InChI=1S/C20H26N2O3S/c1-5-19(22(26(4,24)25)18-9-7-6-8-10-18)20(23)21-16(3)17-13-11-15(2)12-14-17/h6-14,16,19H,5H2,1-4H3,(H,21,23)/t16-,19-/m1/s1. The summed E-state index contributed by atoms with van der Waals surface area (Å²) in [6.07, 6.45) is 1.49. The molecule has 0 heterocycles. The van der Waals surface area contributed by atoms with E-state index in [2.05, 4.69) is 5.32 Å². The highest BCUT2D eigenvalue weighted by Crippen LogP contribution is 2.23. The molecular weight excluding hydrogens is 348 g/mol. The predicted molar refractivity (Wildman–Crippen MR) is 106 cm³/mol. The fourth-order valence-electron chi connectivity index (χ4n) is 2.88. The Bertz CT molecular complexity index is 833. The molecule has 0 radical (unpaired) electrons. The fraction of sp³-hybridized carbons (Fsp3) is 0.350. The Balaban J connectivity index is 2.26. The number of aryl methyl sites for hydroxylation is 1. The molecule has 140 valence electrons. The van der Waals surface area contributed by atoms with Gasteiger partial charge in [0.05, 0.1) is 18.0 Å². The number of nitrogens with zero attached hydrogens (tertiary/aromatic N) is 1. The van der Waals surface area contributed by atoms with Gasteiger partial charge in [-0.3, -0.25) is 9.10 Å². The van der Waals surface area contributed by atoms with E-state index in [0.29, 0.717) is 12.1 Å². The summed E-state index contributed by atoms with van der Waals surface area (Å²) in [5.41, 5.74) is 2.61. The maximum atomic E-state index is 12.9. The number of sulfonamides is 1. The summed E-state index contributed by atoms with van der Waals surface area (Å²) >= 11 is 0. The highest BCUT2D eigenvalue weighted by Gasteiger charge is 2.32. The van der Waals surface area contributed by atoms with Crippen LogP contribution in [-0.4, -0.2) is 26.6 Å². The van der Waals surface area contributed by atoms with E-state index < -0.39 is 16.1 Å². The van der Waals surface area contributed by atoms with Gasteiger partial charge in [-0.1, -0.05) is 55.0 Å². The van der Waals surface area contributed by atoms with Crippen molar-refractivity contribution >= 4 is 21.6 Å². The summed E-state index contributed by atoms with van der Waals surface area (Å²) in [5, 5.41) is 2.94. The average molecular weight is 375 g/mol. The molecule has 0 unspecified atom stereocenters. The van der Waals surface area contributed by atoms with Gasteiger partial charge in [-0.2, -0.15) is 0 Å². The fourth-order valence-corrected chi connectivity index (χ4v) is 4.09. The molecule has 0 aliphatic rings. The van der Waals surface area contributed by atoms with Crippen LogP contribution in [0, 0.1) is 6.92 Å². The van der Waals surface area contributed by atoms with Crippen LogP contribution in [0.3, 0.4) is 0 Å². The molecule has 1 amide bonds. The van der Waals surface area contributed by atoms with Gasteiger partial charge >= 0.3 is 0 Å². The zero-order valence-electron chi connectivity index (χ0n) is 15.6. The molecule has 1 N–H and O–H groups in total. The molecule has 0 saturated heterocycles. The number of nitrogens with one attached hydrogen (secondary N) is 1. The van der Waals surface area contributed by atoms with E-state index in [1.165, 1.54) is 4.31 Å². The number of rotatable bonds is 7. The van der Waals surface area contributed by atoms with E-state index in [-0.39, 0.29) is 11.9 Å². The first-order chi connectivity index (χ1) is 12.2. The van der Waals surface area contributed by atoms with Crippen LogP contribution in [0.25, 0.3) is 0 Å². The zero-order valence-corrected chi connectivity index (χ0v) is 16.5. The molecule has 2 atom stereocenters. The van der Waals surface area contributed by atoms with E-state index in [1.807, 2.05) is 51.1 Å². The van der Waals surface area contributed by atoms with Gasteiger partial charge in [-0.05, 0) is 38.0 Å². The van der Waals surface area contributed by atoms with Crippen molar-refractivity contribution in [2.24, 2.45) is 0 Å². The first-order valence-electron chi connectivity index (χ1n) is 8.65. The Kier molecular flexibility index (Phi) is 6.42. The van der Waals surface area contributed by atoms with Gasteiger partial charge in [0.1, 0.15) is 6.04 Å². The Morgan fingerprint density at radius 3 is 2.15 bits per heavy atom. The number of carbonyl (C=O) groups is 1. The van der Waals surface area contributed by atoms with Gasteiger partial charge in [-0.25, -0.2) is 8.42 Å². The number of para-hydroxylation sites is 1. The van der Waals surface area contributed by atoms with Crippen LogP contribution in [0.1, 0.15) is 37.4 Å². The molecule has 2 aromatic carbocycles. The molecule has 2 rings (SSSR count). The van der Waals surface area contributed by atoms with E-state index in [1.54, 1.807) is 24.3 Å². The van der Waals surface area contributed by atoms with Crippen LogP contribution >= 0.6 is 0 Å². The van der Waals surface area contributed by atoms with Crippen LogP contribution in [0.15, 0.2) is 54.6 Å². The van der Waals surface area contributed by atoms with Crippen LogP contribution in [-0.2, 0) is 14.8 Å². The first kappa shape index (κ1) is 20.0. The van der Waals surface area contributed by atoms with Gasteiger partial charge < -0.3 is 5.32 Å². The number of carbonyl (C=O) groups excluding carboxylic acids is 1. The predicted octanol–water partition coefficient (Wildman–Crippen LogP) is 3.42. The van der Waals surface area contributed by atoms with Gasteiger partial charge in [0, 0.05) is 0 Å². The minimum atomic E-state index is -3.61. The summed E-state index contributed by atoms with van der Waals surface area (Å²) in [5.74, 6) is -0.310. The second-order valence-corrected chi connectivity index (χ2v) is 8.32. The quantitative estimate of drug-likeness (QED) is 0.807. The molecule has 6 heteroatoms. The summed E-state index contributed by atoms with van der Waals surface area (Å²) in [4.78, 5) is 12.9. The van der Waals surface area contributed by atoms with Crippen molar-refractivity contribution in [3.05, 3.63) is 65.7 Å². The van der Waals surface area contributed by atoms with Crippen LogP contribution in [0.2, 0.25) is 0 Å². The Labute approximate surface area is 156 Å². The largest absolute Gasteiger partial charge is 0.348 e. The van der Waals surface area contributed by atoms with E-state index in [0.717, 1.165) is 17.4 Å². The third-order valence-electron chi connectivity index (χ3n) is 4.28.